The first-order valence-corrected chi connectivity index (χ1v) is 8.04. The van der Waals surface area contributed by atoms with E-state index < -0.39 is 5.60 Å². The number of hydrogen-bond acceptors (Lipinski definition) is 1. The molecule has 4 rings (SSSR count). The summed E-state index contributed by atoms with van der Waals surface area (Å²) in [5.74, 6) is 3.10. The normalized spacial score (nSPS) is 43.7. The van der Waals surface area contributed by atoms with Crippen LogP contribution in [-0.4, -0.2) is 5.11 Å². The van der Waals surface area contributed by atoms with E-state index in [4.69, 9.17) is 0 Å². The van der Waals surface area contributed by atoms with Gasteiger partial charge in [0.05, 0.1) is 5.60 Å². The molecule has 1 nitrogen and oxygen atoms in total. The van der Waals surface area contributed by atoms with Gasteiger partial charge in [-0.1, -0.05) is 37.6 Å². The Morgan fingerprint density at radius 2 is 2.11 bits per heavy atom. The van der Waals surface area contributed by atoms with E-state index in [-0.39, 0.29) is 0 Å². The molecule has 3 saturated carbocycles. The molecule has 0 heterocycles. The average molecular weight is 256 g/mol. The van der Waals surface area contributed by atoms with Crippen LogP contribution in [0.1, 0.15) is 50.2 Å². The molecule has 0 amide bonds. The van der Waals surface area contributed by atoms with E-state index in [0.29, 0.717) is 5.92 Å². The lowest BCUT2D eigenvalue weighted by molar-refractivity contribution is -0.0513. The van der Waals surface area contributed by atoms with Gasteiger partial charge in [0.25, 0.3) is 0 Å². The molecule has 0 radical (unpaired) electrons. The SMILES string of the molecule is CCc1cccc(C2(O)CC3CC2C2CCCC32)c1. The lowest BCUT2D eigenvalue weighted by atomic mass is 9.70. The Bertz CT molecular complexity index is 494. The Hall–Kier alpha value is -0.820. The van der Waals surface area contributed by atoms with Crippen molar-refractivity contribution in [3.63, 3.8) is 0 Å². The van der Waals surface area contributed by atoms with E-state index in [1.165, 1.54) is 36.8 Å². The molecular formula is C18H24O. The third-order valence-electron chi connectivity index (χ3n) is 6.33. The summed E-state index contributed by atoms with van der Waals surface area (Å²) in [6.07, 6.45) is 7.55. The van der Waals surface area contributed by atoms with Gasteiger partial charge in [-0.05, 0) is 66.9 Å². The molecule has 0 aromatic heterocycles. The van der Waals surface area contributed by atoms with Gasteiger partial charge in [0.1, 0.15) is 0 Å². The standard InChI is InChI=1S/C18H24O/c1-2-12-5-3-6-14(9-12)18(19)11-13-10-17(18)16-8-4-7-15(13)16/h3,5-6,9,13,15-17,19H,2,4,7-8,10-11H2,1H3. The summed E-state index contributed by atoms with van der Waals surface area (Å²) < 4.78 is 0. The third-order valence-corrected chi connectivity index (χ3v) is 6.33. The van der Waals surface area contributed by atoms with Crippen molar-refractivity contribution >= 4 is 0 Å². The molecule has 19 heavy (non-hydrogen) atoms. The van der Waals surface area contributed by atoms with E-state index in [1.54, 1.807) is 0 Å². The van der Waals surface area contributed by atoms with Crippen molar-refractivity contribution in [3.05, 3.63) is 35.4 Å². The molecule has 0 saturated heterocycles. The second-order valence-electron chi connectivity index (χ2n) is 7.04. The van der Waals surface area contributed by atoms with Gasteiger partial charge in [0.2, 0.25) is 0 Å². The maximum Gasteiger partial charge on any atom is 0.0930 e. The van der Waals surface area contributed by atoms with Crippen molar-refractivity contribution < 1.29 is 5.11 Å². The van der Waals surface area contributed by atoms with Crippen LogP contribution in [0.5, 0.6) is 0 Å². The van der Waals surface area contributed by atoms with Crippen molar-refractivity contribution in [1.82, 2.24) is 0 Å². The number of fused-ring (bicyclic) bond motifs is 5. The highest BCUT2D eigenvalue weighted by atomic mass is 16.3. The summed E-state index contributed by atoms with van der Waals surface area (Å²) in [6.45, 7) is 2.19. The summed E-state index contributed by atoms with van der Waals surface area (Å²) >= 11 is 0. The highest BCUT2D eigenvalue weighted by molar-refractivity contribution is 5.32. The lowest BCUT2D eigenvalue weighted by Crippen LogP contribution is -2.39. The van der Waals surface area contributed by atoms with Gasteiger partial charge in [-0.3, -0.25) is 0 Å². The summed E-state index contributed by atoms with van der Waals surface area (Å²) in [6, 6.07) is 8.72. The van der Waals surface area contributed by atoms with Crippen LogP contribution in [0.25, 0.3) is 0 Å². The lowest BCUT2D eigenvalue weighted by Gasteiger charge is -2.39. The Labute approximate surface area is 116 Å². The molecule has 1 N–H and O–H groups in total. The van der Waals surface area contributed by atoms with Gasteiger partial charge < -0.3 is 5.11 Å². The molecule has 3 fully saturated rings. The number of aryl methyl sites for hydroxylation is 1. The van der Waals surface area contributed by atoms with E-state index >= 15 is 0 Å². The Kier molecular flexibility index (Phi) is 2.57. The molecule has 2 bridgehead atoms. The van der Waals surface area contributed by atoms with Crippen LogP contribution in [0.2, 0.25) is 0 Å². The van der Waals surface area contributed by atoms with Gasteiger partial charge in [0, 0.05) is 0 Å². The molecule has 3 aliphatic rings. The summed E-state index contributed by atoms with van der Waals surface area (Å²) in [7, 11) is 0. The number of hydrogen-bond donors (Lipinski definition) is 1. The largest absolute Gasteiger partial charge is 0.385 e. The molecule has 102 valence electrons. The second kappa shape index (κ2) is 4.09. The van der Waals surface area contributed by atoms with E-state index in [2.05, 4.69) is 31.2 Å². The third kappa shape index (κ3) is 1.57. The monoisotopic (exact) mass is 256 g/mol. The van der Waals surface area contributed by atoms with Crippen molar-refractivity contribution in [3.8, 4) is 0 Å². The highest BCUT2D eigenvalue weighted by Gasteiger charge is 2.60. The Morgan fingerprint density at radius 1 is 1.26 bits per heavy atom. The van der Waals surface area contributed by atoms with Crippen LogP contribution in [-0.2, 0) is 12.0 Å². The average Bonchev–Trinajstić information content (AvgIpc) is 3.10. The minimum Gasteiger partial charge on any atom is -0.385 e. The zero-order valence-electron chi connectivity index (χ0n) is 11.8. The van der Waals surface area contributed by atoms with Gasteiger partial charge in [-0.25, -0.2) is 0 Å². The molecule has 3 aliphatic carbocycles. The van der Waals surface area contributed by atoms with Crippen LogP contribution in [0, 0.1) is 23.7 Å². The molecular weight excluding hydrogens is 232 g/mol. The van der Waals surface area contributed by atoms with Crippen LogP contribution in [0.15, 0.2) is 24.3 Å². The maximum absolute atomic E-state index is 11.3. The van der Waals surface area contributed by atoms with Gasteiger partial charge in [-0.2, -0.15) is 0 Å². The summed E-state index contributed by atoms with van der Waals surface area (Å²) in [5, 5.41) is 11.3. The molecule has 1 aromatic rings. The topological polar surface area (TPSA) is 20.2 Å². The number of aliphatic hydroxyl groups is 1. The van der Waals surface area contributed by atoms with Crippen molar-refractivity contribution in [1.29, 1.82) is 0 Å². The number of benzene rings is 1. The van der Waals surface area contributed by atoms with Gasteiger partial charge in [-0.15, -0.1) is 0 Å². The predicted molar refractivity (Wildman–Crippen MR) is 76.8 cm³/mol. The van der Waals surface area contributed by atoms with E-state index in [9.17, 15) is 5.11 Å². The van der Waals surface area contributed by atoms with Crippen LogP contribution in [0.4, 0.5) is 0 Å². The minimum absolute atomic E-state index is 0.513. The van der Waals surface area contributed by atoms with Crippen molar-refractivity contribution in [2.24, 2.45) is 23.7 Å². The second-order valence-corrected chi connectivity index (χ2v) is 7.04. The van der Waals surface area contributed by atoms with E-state index in [1.807, 2.05) is 0 Å². The van der Waals surface area contributed by atoms with Crippen LogP contribution >= 0.6 is 0 Å². The quantitative estimate of drug-likeness (QED) is 0.851. The minimum atomic E-state index is -0.513. The van der Waals surface area contributed by atoms with Crippen LogP contribution < -0.4 is 0 Å². The fourth-order valence-electron chi connectivity index (χ4n) is 5.51. The van der Waals surface area contributed by atoms with Crippen molar-refractivity contribution in [2.75, 3.05) is 0 Å². The molecule has 0 aliphatic heterocycles. The van der Waals surface area contributed by atoms with Crippen molar-refractivity contribution in [2.45, 2.75) is 51.0 Å². The smallest absolute Gasteiger partial charge is 0.0930 e. The predicted octanol–water partition coefficient (Wildman–Crippen LogP) is 3.89. The summed E-state index contributed by atoms with van der Waals surface area (Å²) in [5.41, 5.74) is 2.04. The Morgan fingerprint density at radius 3 is 2.95 bits per heavy atom. The Balaban J connectivity index is 1.71. The first kappa shape index (κ1) is 12.0. The first-order chi connectivity index (χ1) is 9.22. The maximum atomic E-state index is 11.3. The molecule has 1 aromatic carbocycles. The highest BCUT2D eigenvalue weighted by Crippen LogP contribution is 2.65. The number of rotatable bonds is 2. The molecule has 5 unspecified atom stereocenters. The fraction of sp³-hybridized carbons (Fsp3) is 0.667. The first-order valence-electron chi connectivity index (χ1n) is 8.04. The zero-order valence-corrected chi connectivity index (χ0v) is 11.8. The zero-order chi connectivity index (χ0) is 13.0. The molecule has 5 atom stereocenters. The summed E-state index contributed by atoms with van der Waals surface area (Å²) in [4.78, 5) is 0. The van der Waals surface area contributed by atoms with Crippen LogP contribution in [0.3, 0.4) is 0 Å². The fourth-order valence-corrected chi connectivity index (χ4v) is 5.51. The van der Waals surface area contributed by atoms with Gasteiger partial charge >= 0.3 is 0 Å². The van der Waals surface area contributed by atoms with Gasteiger partial charge in [0.15, 0.2) is 0 Å². The molecule has 1 heteroatoms. The van der Waals surface area contributed by atoms with E-state index in [0.717, 1.165) is 30.6 Å². The molecule has 0 spiro atoms.